The molecule has 0 aliphatic carbocycles. The van der Waals surface area contributed by atoms with Crippen molar-refractivity contribution in [3.05, 3.63) is 45.8 Å². The molecule has 0 amide bonds. The summed E-state index contributed by atoms with van der Waals surface area (Å²) in [6.07, 6.45) is 1.41. The molecule has 0 saturated heterocycles. The van der Waals surface area contributed by atoms with E-state index in [0.717, 1.165) is 10.4 Å². The van der Waals surface area contributed by atoms with Crippen molar-refractivity contribution >= 4 is 28.5 Å². The van der Waals surface area contributed by atoms with Gasteiger partial charge in [-0.1, -0.05) is 12.1 Å². The summed E-state index contributed by atoms with van der Waals surface area (Å²) in [4.78, 5) is 17.4. The van der Waals surface area contributed by atoms with Crippen LogP contribution in [-0.4, -0.2) is 25.4 Å². The van der Waals surface area contributed by atoms with Gasteiger partial charge in [0.15, 0.2) is 0 Å². The second-order valence-electron chi connectivity index (χ2n) is 4.86. The Balaban J connectivity index is 2.37. The molecule has 4 nitrogen and oxygen atoms in total. The second kappa shape index (κ2) is 8.01. The van der Waals surface area contributed by atoms with E-state index in [1.54, 1.807) is 25.1 Å². The monoisotopic (exact) mass is 353 g/mol. The van der Waals surface area contributed by atoms with Gasteiger partial charge in [0.2, 0.25) is 0 Å². The van der Waals surface area contributed by atoms with Crippen molar-refractivity contribution in [3.63, 3.8) is 0 Å². The number of aliphatic imine (C=N–C) groups is 1. The maximum Gasteiger partial charge on any atom is 0.387 e. The molecule has 0 saturated carbocycles. The molecule has 0 radical (unpaired) electrons. The fourth-order valence-electron chi connectivity index (χ4n) is 2.06. The fraction of sp³-hybridized carbons (Fsp3) is 0.294. The first kappa shape index (κ1) is 18.1. The van der Waals surface area contributed by atoms with Gasteiger partial charge in [0.1, 0.15) is 10.8 Å². The van der Waals surface area contributed by atoms with E-state index in [4.69, 9.17) is 4.74 Å². The van der Waals surface area contributed by atoms with E-state index >= 15 is 0 Å². The zero-order valence-corrected chi connectivity index (χ0v) is 14.3. The number of hydrogen-bond acceptors (Lipinski definition) is 5. The Morgan fingerprint density at radius 2 is 2.04 bits per heavy atom. The molecule has 0 aliphatic heterocycles. The highest BCUT2D eigenvalue weighted by atomic mass is 32.1. The van der Waals surface area contributed by atoms with Gasteiger partial charge >= 0.3 is 12.6 Å². The smallest absolute Gasteiger partial charge is 0.387 e. The molecule has 1 aromatic heterocycles. The van der Waals surface area contributed by atoms with Crippen molar-refractivity contribution in [3.8, 4) is 5.75 Å². The van der Waals surface area contributed by atoms with Crippen molar-refractivity contribution in [2.24, 2.45) is 4.99 Å². The highest BCUT2D eigenvalue weighted by Gasteiger charge is 2.20. The summed E-state index contributed by atoms with van der Waals surface area (Å²) in [5, 5.41) is 0.482. The summed E-state index contributed by atoms with van der Waals surface area (Å²) < 4.78 is 34.4. The Morgan fingerprint density at radius 3 is 2.71 bits per heavy atom. The number of rotatable bonds is 6. The molecule has 0 fully saturated rings. The number of esters is 1. The fourth-order valence-corrected chi connectivity index (χ4v) is 3.05. The summed E-state index contributed by atoms with van der Waals surface area (Å²) in [7, 11) is 0. The predicted octanol–water partition coefficient (Wildman–Crippen LogP) is 4.89. The van der Waals surface area contributed by atoms with Gasteiger partial charge in [-0.2, -0.15) is 8.78 Å². The minimum atomic E-state index is -2.92. The van der Waals surface area contributed by atoms with Crippen LogP contribution in [0.3, 0.4) is 0 Å². The number of para-hydroxylation sites is 1. The van der Waals surface area contributed by atoms with Gasteiger partial charge in [-0.3, -0.25) is 0 Å². The molecule has 0 atom stereocenters. The lowest BCUT2D eigenvalue weighted by Gasteiger charge is -2.07. The summed E-state index contributed by atoms with van der Waals surface area (Å²) in [5.41, 5.74) is 1.61. The van der Waals surface area contributed by atoms with E-state index in [1.165, 1.54) is 23.6 Å². The van der Waals surface area contributed by atoms with Crippen LogP contribution in [0.15, 0.2) is 29.3 Å². The first-order valence-electron chi connectivity index (χ1n) is 7.29. The molecule has 128 valence electrons. The van der Waals surface area contributed by atoms with Crippen molar-refractivity contribution in [1.29, 1.82) is 0 Å². The average Bonchev–Trinajstić information content (AvgIpc) is 2.81. The van der Waals surface area contributed by atoms with Crippen LogP contribution in [0.25, 0.3) is 0 Å². The molecular weight excluding hydrogens is 336 g/mol. The van der Waals surface area contributed by atoms with Gasteiger partial charge in [-0.15, -0.1) is 11.3 Å². The lowest BCUT2D eigenvalue weighted by molar-refractivity contribution is -0.0499. The largest absolute Gasteiger partial charge is 0.462 e. The van der Waals surface area contributed by atoms with Crippen LogP contribution in [0.5, 0.6) is 5.75 Å². The Labute approximate surface area is 142 Å². The summed E-state index contributed by atoms with van der Waals surface area (Å²) in [6.45, 7) is 2.79. The molecule has 24 heavy (non-hydrogen) atoms. The first-order valence-corrected chi connectivity index (χ1v) is 8.10. The van der Waals surface area contributed by atoms with Crippen LogP contribution in [0, 0.1) is 13.8 Å². The first-order chi connectivity index (χ1) is 11.4. The number of thiophene rings is 1. The molecule has 0 bridgehead atoms. The minimum absolute atomic E-state index is 0.0268. The van der Waals surface area contributed by atoms with Crippen molar-refractivity contribution < 1.29 is 23.0 Å². The molecule has 7 heteroatoms. The van der Waals surface area contributed by atoms with E-state index in [-0.39, 0.29) is 12.4 Å². The number of ether oxygens (including phenoxy) is 2. The molecule has 0 spiro atoms. The highest BCUT2D eigenvalue weighted by Crippen LogP contribution is 2.35. The van der Waals surface area contributed by atoms with Crippen LogP contribution in [0.1, 0.15) is 33.3 Å². The van der Waals surface area contributed by atoms with Crippen LogP contribution in [0.2, 0.25) is 0 Å². The molecular formula is C17H17F2NO3S. The number of halogens is 2. The third kappa shape index (κ3) is 4.17. The van der Waals surface area contributed by atoms with Crippen molar-refractivity contribution in [1.82, 2.24) is 0 Å². The number of carbonyl (C=O) groups excluding carboxylic acids is 1. The Bertz CT molecular complexity index is 756. The normalized spacial score (nSPS) is 11.2. The van der Waals surface area contributed by atoms with Gasteiger partial charge in [0.25, 0.3) is 0 Å². The van der Waals surface area contributed by atoms with E-state index in [0.29, 0.717) is 16.1 Å². The summed E-state index contributed by atoms with van der Waals surface area (Å²) >= 11 is 1.35. The zero-order chi connectivity index (χ0) is 17.7. The quantitative estimate of drug-likeness (QED) is 0.548. The predicted molar refractivity (Wildman–Crippen MR) is 90.1 cm³/mol. The average molecular weight is 353 g/mol. The minimum Gasteiger partial charge on any atom is -0.462 e. The second-order valence-corrected chi connectivity index (χ2v) is 6.06. The topological polar surface area (TPSA) is 47.9 Å². The Kier molecular flexibility index (Phi) is 6.03. The molecule has 0 aliphatic rings. The molecule has 0 unspecified atom stereocenters. The molecule has 1 aromatic carbocycles. The van der Waals surface area contributed by atoms with Crippen LogP contribution in [-0.2, 0) is 4.74 Å². The molecule has 0 N–H and O–H groups in total. The van der Waals surface area contributed by atoms with Crippen LogP contribution in [0.4, 0.5) is 13.8 Å². The Hall–Kier alpha value is -2.28. The van der Waals surface area contributed by atoms with E-state index < -0.39 is 12.6 Å². The van der Waals surface area contributed by atoms with Gasteiger partial charge in [0.05, 0.1) is 12.2 Å². The SMILES string of the molecule is CCOC(=O)c1c(/N=C/c2ccccc2OC(F)F)sc(C)c1C. The number of alkyl halides is 2. The van der Waals surface area contributed by atoms with Crippen LogP contribution >= 0.6 is 11.3 Å². The molecule has 2 aromatic rings. The van der Waals surface area contributed by atoms with E-state index in [1.807, 2.05) is 13.8 Å². The van der Waals surface area contributed by atoms with Crippen molar-refractivity contribution in [2.75, 3.05) is 6.61 Å². The standard InChI is InChI=1S/C17H17F2NO3S/c1-4-22-16(21)14-10(2)11(3)24-15(14)20-9-12-7-5-6-8-13(12)23-17(18)19/h5-9,17H,4H2,1-3H3/b20-9+. The van der Waals surface area contributed by atoms with Gasteiger partial charge in [0, 0.05) is 16.7 Å². The van der Waals surface area contributed by atoms with Crippen LogP contribution < -0.4 is 4.74 Å². The number of nitrogens with zero attached hydrogens (tertiary/aromatic N) is 1. The zero-order valence-electron chi connectivity index (χ0n) is 13.5. The van der Waals surface area contributed by atoms with Gasteiger partial charge in [-0.05, 0) is 38.5 Å². The molecule has 2 rings (SSSR count). The number of aryl methyl sites for hydroxylation is 1. The summed E-state index contributed by atoms with van der Waals surface area (Å²) in [5.74, 6) is -0.414. The number of hydrogen-bond donors (Lipinski definition) is 0. The summed E-state index contributed by atoms with van der Waals surface area (Å²) in [6, 6.07) is 6.33. The van der Waals surface area contributed by atoms with Gasteiger partial charge in [-0.25, -0.2) is 9.79 Å². The molecule has 1 heterocycles. The van der Waals surface area contributed by atoms with Crippen molar-refractivity contribution in [2.45, 2.75) is 27.4 Å². The third-order valence-electron chi connectivity index (χ3n) is 3.30. The lowest BCUT2D eigenvalue weighted by atomic mass is 10.1. The lowest BCUT2D eigenvalue weighted by Crippen LogP contribution is -2.05. The highest BCUT2D eigenvalue weighted by molar-refractivity contribution is 7.16. The maximum atomic E-state index is 12.4. The third-order valence-corrected chi connectivity index (χ3v) is 4.42. The van der Waals surface area contributed by atoms with Gasteiger partial charge < -0.3 is 9.47 Å². The maximum absolute atomic E-state index is 12.4. The number of carbonyl (C=O) groups is 1. The van der Waals surface area contributed by atoms with E-state index in [9.17, 15) is 13.6 Å². The Morgan fingerprint density at radius 1 is 1.33 bits per heavy atom. The number of benzene rings is 1. The van der Waals surface area contributed by atoms with E-state index in [2.05, 4.69) is 9.73 Å².